The van der Waals surface area contributed by atoms with Crippen LogP contribution in [0.25, 0.3) is 0 Å². The van der Waals surface area contributed by atoms with E-state index in [2.05, 4.69) is 24.1 Å². The molecule has 7 heteroatoms. The number of nitrogens with two attached hydrogens (primary N) is 1. The summed E-state index contributed by atoms with van der Waals surface area (Å²) in [5, 5.41) is 4.01. The minimum atomic E-state index is -0.0404. The first-order valence-electron chi connectivity index (χ1n) is 6.66. The minimum Gasteiger partial charge on any atom is -0.347 e. The van der Waals surface area contributed by atoms with E-state index in [0.29, 0.717) is 11.4 Å². The third-order valence-electron chi connectivity index (χ3n) is 2.77. The molecule has 0 aliphatic carbocycles. The molecule has 1 rings (SSSR count). The second-order valence-corrected chi connectivity index (χ2v) is 5.53. The molecule has 0 spiro atoms. The molecule has 118 valence electrons. The Bertz CT molecular complexity index is 374. The Labute approximate surface area is 137 Å². The van der Waals surface area contributed by atoms with Gasteiger partial charge in [0.25, 0.3) is 5.91 Å². The van der Waals surface area contributed by atoms with Gasteiger partial charge in [0.05, 0.1) is 11.2 Å². The van der Waals surface area contributed by atoms with E-state index in [4.69, 9.17) is 5.73 Å². The molecular formula is C13H25Cl2N3OS. The van der Waals surface area contributed by atoms with Gasteiger partial charge in [-0.25, -0.2) is 4.98 Å². The second kappa shape index (κ2) is 12.4. The highest BCUT2D eigenvalue weighted by atomic mass is 35.5. The number of carbonyl (C=O) groups is 1. The van der Waals surface area contributed by atoms with E-state index in [1.54, 1.807) is 6.20 Å². The lowest BCUT2D eigenvalue weighted by Gasteiger charge is -2.15. The van der Waals surface area contributed by atoms with E-state index >= 15 is 0 Å². The molecule has 0 aromatic carbocycles. The van der Waals surface area contributed by atoms with Crippen molar-refractivity contribution in [2.24, 2.45) is 5.73 Å². The van der Waals surface area contributed by atoms with Crippen molar-refractivity contribution in [3.63, 3.8) is 0 Å². The zero-order chi connectivity index (χ0) is 13.4. The third kappa shape index (κ3) is 7.43. The van der Waals surface area contributed by atoms with E-state index in [9.17, 15) is 4.79 Å². The summed E-state index contributed by atoms with van der Waals surface area (Å²) in [7, 11) is 0. The van der Waals surface area contributed by atoms with Gasteiger partial charge >= 0.3 is 0 Å². The van der Waals surface area contributed by atoms with Crippen molar-refractivity contribution in [2.45, 2.75) is 52.0 Å². The van der Waals surface area contributed by atoms with Gasteiger partial charge in [0.2, 0.25) is 0 Å². The number of aryl methyl sites for hydroxylation is 1. The second-order valence-electron chi connectivity index (χ2n) is 4.42. The highest BCUT2D eigenvalue weighted by Crippen LogP contribution is 2.14. The summed E-state index contributed by atoms with van der Waals surface area (Å²) in [5.74, 6) is -0.0404. The fourth-order valence-electron chi connectivity index (χ4n) is 1.70. The average molecular weight is 342 g/mol. The molecule has 3 N–H and O–H groups in total. The molecule has 1 unspecified atom stereocenters. The summed E-state index contributed by atoms with van der Waals surface area (Å²) in [6.07, 6.45) is 6.81. The maximum absolute atomic E-state index is 12.0. The fourth-order valence-corrected chi connectivity index (χ4v) is 2.62. The highest BCUT2D eigenvalue weighted by Gasteiger charge is 2.14. The molecule has 1 aromatic rings. The predicted molar refractivity (Wildman–Crippen MR) is 90.4 cm³/mol. The van der Waals surface area contributed by atoms with Gasteiger partial charge in [0.1, 0.15) is 4.88 Å². The van der Waals surface area contributed by atoms with Crippen molar-refractivity contribution in [2.75, 3.05) is 6.54 Å². The molecule has 20 heavy (non-hydrogen) atoms. The molecule has 0 bridgehead atoms. The molecule has 0 aliphatic rings. The van der Waals surface area contributed by atoms with Crippen LogP contribution < -0.4 is 11.1 Å². The molecule has 0 aliphatic heterocycles. The molecule has 0 saturated carbocycles. The van der Waals surface area contributed by atoms with Crippen LogP contribution in [0.4, 0.5) is 0 Å². The lowest BCUT2D eigenvalue weighted by Crippen LogP contribution is -2.39. The molecule has 0 fully saturated rings. The quantitative estimate of drug-likeness (QED) is 0.762. The molecule has 0 radical (unpaired) electrons. The summed E-state index contributed by atoms with van der Waals surface area (Å²) in [6, 6.07) is 0.0779. The van der Waals surface area contributed by atoms with Crippen LogP contribution in [0.3, 0.4) is 0 Å². The molecule has 1 heterocycles. The summed E-state index contributed by atoms with van der Waals surface area (Å²) >= 11 is 1.48. The maximum Gasteiger partial charge on any atom is 0.263 e. The van der Waals surface area contributed by atoms with Gasteiger partial charge in [-0.1, -0.05) is 26.7 Å². The number of carbonyl (C=O) groups excluding carboxylic acids is 1. The van der Waals surface area contributed by atoms with Gasteiger partial charge in [0, 0.05) is 12.6 Å². The van der Waals surface area contributed by atoms with E-state index in [1.807, 2.05) is 0 Å². The lowest BCUT2D eigenvalue weighted by molar-refractivity contribution is 0.0939. The number of nitrogens with one attached hydrogen (secondary N) is 1. The summed E-state index contributed by atoms with van der Waals surface area (Å²) in [5.41, 5.74) is 5.67. The molecule has 1 aromatic heterocycles. The van der Waals surface area contributed by atoms with Crippen LogP contribution in [0.5, 0.6) is 0 Å². The van der Waals surface area contributed by atoms with Crippen LogP contribution in [0, 0.1) is 0 Å². The first-order valence-corrected chi connectivity index (χ1v) is 7.48. The number of rotatable bonds is 8. The molecule has 0 saturated heterocycles. The highest BCUT2D eigenvalue weighted by molar-refractivity contribution is 7.13. The topological polar surface area (TPSA) is 68.0 Å². The fraction of sp³-hybridized carbons (Fsp3) is 0.692. The van der Waals surface area contributed by atoms with Gasteiger partial charge in [-0.15, -0.1) is 36.2 Å². The van der Waals surface area contributed by atoms with E-state index in [1.165, 1.54) is 11.3 Å². The average Bonchev–Trinajstić information content (AvgIpc) is 2.83. The Balaban J connectivity index is 0. The van der Waals surface area contributed by atoms with Crippen molar-refractivity contribution in [3.05, 3.63) is 16.1 Å². The molecule has 1 amide bonds. The van der Waals surface area contributed by atoms with E-state index in [0.717, 1.165) is 37.1 Å². The number of hydrogen-bond donors (Lipinski definition) is 2. The summed E-state index contributed by atoms with van der Waals surface area (Å²) in [4.78, 5) is 16.9. The van der Waals surface area contributed by atoms with Crippen molar-refractivity contribution < 1.29 is 4.79 Å². The Morgan fingerprint density at radius 3 is 2.65 bits per heavy atom. The van der Waals surface area contributed by atoms with Gasteiger partial charge < -0.3 is 11.1 Å². The van der Waals surface area contributed by atoms with Crippen LogP contribution >= 0.6 is 36.2 Å². The first-order chi connectivity index (χ1) is 8.71. The van der Waals surface area contributed by atoms with Crippen LogP contribution in [0.1, 0.15) is 54.2 Å². The number of hydrogen-bond acceptors (Lipinski definition) is 4. The van der Waals surface area contributed by atoms with E-state index < -0.39 is 0 Å². The number of amides is 1. The smallest absolute Gasteiger partial charge is 0.263 e. The Kier molecular flexibility index (Phi) is 13.6. The molecule has 1 atom stereocenters. The van der Waals surface area contributed by atoms with Gasteiger partial charge in [-0.2, -0.15) is 0 Å². The van der Waals surface area contributed by atoms with Crippen molar-refractivity contribution in [1.82, 2.24) is 10.3 Å². The zero-order valence-corrected chi connectivity index (χ0v) is 14.5. The number of unbranched alkanes of at least 4 members (excludes halogenated alkanes) is 1. The first kappa shape index (κ1) is 21.9. The lowest BCUT2D eigenvalue weighted by atomic mass is 10.1. The van der Waals surface area contributed by atoms with Crippen molar-refractivity contribution in [1.29, 1.82) is 0 Å². The molecule has 4 nitrogen and oxygen atoms in total. The normalized spacial score (nSPS) is 11.2. The monoisotopic (exact) mass is 341 g/mol. The van der Waals surface area contributed by atoms with Crippen LogP contribution in [0.15, 0.2) is 6.20 Å². The van der Waals surface area contributed by atoms with Crippen LogP contribution in [-0.2, 0) is 6.42 Å². The minimum absolute atomic E-state index is 0. The van der Waals surface area contributed by atoms with Gasteiger partial charge in [0.15, 0.2) is 0 Å². The van der Waals surface area contributed by atoms with Gasteiger partial charge in [-0.3, -0.25) is 4.79 Å². The number of thiazole rings is 1. The summed E-state index contributed by atoms with van der Waals surface area (Å²) in [6.45, 7) is 4.73. The summed E-state index contributed by atoms with van der Waals surface area (Å²) < 4.78 is 0. The maximum atomic E-state index is 12.0. The van der Waals surface area contributed by atoms with Gasteiger partial charge in [-0.05, 0) is 19.3 Å². The Morgan fingerprint density at radius 1 is 1.40 bits per heavy atom. The van der Waals surface area contributed by atoms with E-state index in [-0.39, 0.29) is 36.8 Å². The Hall–Kier alpha value is -0.360. The Morgan fingerprint density at radius 2 is 2.10 bits per heavy atom. The third-order valence-corrected chi connectivity index (χ3v) is 3.82. The van der Waals surface area contributed by atoms with Crippen LogP contribution in [-0.4, -0.2) is 23.5 Å². The number of halogens is 2. The SMILES string of the molecule is CCCCC(CN)NC(=O)c1cnc(CCC)s1.Cl.Cl. The number of aromatic nitrogens is 1. The van der Waals surface area contributed by atoms with Crippen LogP contribution in [0.2, 0.25) is 0 Å². The largest absolute Gasteiger partial charge is 0.347 e. The van der Waals surface area contributed by atoms with Crippen molar-refractivity contribution in [3.8, 4) is 0 Å². The zero-order valence-electron chi connectivity index (χ0n) is 12.1. The number of nitrogens with zero attached hydrogens (tertiary/aromatic N) is 1. The standard InChI is InChI=1S/C13H23N3OS.2ClH/c1-3-5-7-10(8-14)16-13(17)11-9-15-12(18-11)6-4-2;;/h9-10H,3-8,14H2,1-2H3,(H,16,17);2*1H. The predicted octanol–water partition coefficient (Wildman–Crippen LogP) is 3.19. The molecular weight excluding hydrogens is 317 g/mol. The van der Waals surface area contributed by atoms with Crippen molar-refractivity contribution >= 4 is 42.1 Å².